The second-order valence-corrected chi connectivity index (χ2v) is 11.1. The van der Waals surface area contributed by atoms with E-state index in [2.05, 4.69) is 73.4 Å². The van der Waals surface area contributed by atoms with Gasteiger partial charge in [-0.15, -0.1) is 0 Å². The van der Waals surface area contributed by atoms with Gasteiger partial charge in [-0.25, -0.2) is 9.69 Å². The number of rotatable bonds is 2. The lowest BCUT2D eigenvalue weighted by Crippen LogP contribution is -2.04. The molecule has 6 nitrogen and oxygen atoms in total. The van der Waals surface area contributed by atoms with Crippen molar-refractivity contribution >= 4 is 55.0 Å². The van der Waals surface area contributed by atoms with Crippen molar-refractivity contribution in [1.82, 2.24) is 9.13 Å². The molecule has 0 fully saturated rings. The average molecular weight is 579 g/mol. The lowest BCUT2D eigenvalue weighted by Gasteiger charge is -2.14. The van der Waals surface area contributed by atoms with Gasteiger partial charge in [-0.05, 0) is 77.5 Å². The van der Waals surface area contributed by atoms with E-state index in [4.69, 9.17) is 22.6 Å². The molecule has 2 aromatic heterocycles. The maximum atomic E-state index is 7.53. The Balaban J connectivity index is 1.23. The first-order valence-corrected chi connectivity index (χ1v) is 14.6. The molecule has 6 heteroatoms. The predicted octanol–water partition coefficient (Wildman–Crippen LogP) is 10.4. The predicted molar refractivity (Wildman–Crippen MR) is 179 cm³/mol. The van der Waals surface area contributed by atoms with Crippen molar-refractivity contribution in [1.29, 1.82) is 0 Å². The van der Waals surface area contributed by atoms with Gasteiger partial charge in [0.1, 0.15) is 11.5 Å². The summed E-state index contributed by atoms with van der Waals surface area (Å²) >= 11 is 0. The number of aromatic nitrogens is 2. The number of para-hydroxylation sites is 2. The highest BCUT2D eigenvalue weighted by molar-refractivity contribution is 6.11. The largest absolute Gasteiger partial charge is 0.457 e. The highest BCUT2D eigenvalue weighted by Crippen LogP contribution is 2.44. The maximum absolute atomic E-state index is 7.53. The van der Waals surface area contributed by atoms with Crippen molar-refractivity contribution < 1.29 is 9.47 Å². The molecule has 0 aliphatic carbocycles. The van der Waals surface area contributed by atoms with Crippen LogP contribution in [0.15, 0.2) is 121 Å². The van der Waals surface area contributed by atoms with E-state index in [0.717, 1.165) is 77.6 Å². The van der Waals surface area contributed by atoms with Crippen LogP contribution in [0.1, 0.15) is 0 Å². The van der Waals surface area contributed by atoms with Crippen molar-refractivity contribution in [3.05, 3.63) is 144 Å². The lowest BCUT2D eigenvalue weighted by molar-refractivity contribution is 0.125. The topological polar surface area (TPSA) is 37.0 Å². The minimum absolute atomic E-state index is 0.0963. The highest BCUT2D eigenvalue weighted by atomic mass is 16.7. The van der Waals surface area contributed by atoms with Gasteiger partial charge < -0.3 is 18.6 Å². The van der Waals surface area contributed by atoms with Gasteiger partial charge in [-0.1, -0.05) is 48.5 Å². The zero-order valence-electron chi connectivity index (χ0n) is 23.9. The van der Waals surface area contributed by atoms with Crippen molar-refractivity contribution in [3.8, 4) is 34.0 Å². The standard InChI is InChI=1S/C39H22N4O2/c1-40-24-11-16-36-31(19-24)28-7-3-5-9-34(28)42(36)26-14-18-38-33(21-26)30-15-13-27(22-39(30)45-23-44-38)43-35-10-6-4-8-29(35)32-20-25(41-2)12-17-37(32)43/h3-22H,23H2. The Morgan fingerprint density at radius 3 is 1.62 bits per heavy atom. The molecular weight excluding hydrogens is 556 g/mol. The first-order valence-electron chi connectivity index (χ1n) is 14.6. The second kappa shape index (κ2) is 9.50. The molecule has 0 saturated carbocycles. The number of fused-ring (bicyclic) bond motifs is 9. The summed E-state index contributed by atoms with van der Waals surface area (Å²) in [6.07, 6.45) is 0. The molecule has 45 heavy (non-hydrogen) atoms. The molecule has 3 heterocycles. The summed E-state index contributed by atoms with van der Waals surface area (Å²) in [5, 5.41) is 4.30. The smallest absolute Gasteiger partial charge is 0.230 e. The van der Waals surface area contributed by atoms with Crippen LogP contribution in [0.25, 0.3) is 75.8 Å². The fourth-order valence-corrected chi connectivity index (χ4v) is 6.76. The Hall–Kier alpha value is -6.50. The SMILES string of the molecule is [C-]#[N+]c1ccc2c(c1)c1ccccc1n2-c1ccc2c(c1)OCOc1ccc(-n3c4ccccc4c4cc([N+]#[C-])ccc43)cc1-2. The van der Waals surface area contributed by atoms with E-state index in [1.807, 2.05) is 66.7 Å². The number of nitrogens with zero attached hydrogens (tertiary/aromatic N) is 4. The van der Waals surface area contributed by atoms with Gasteiger partial charge in [0.15, 0.2) is 11.4 Å². The first kappa shape index (κ1) is 25.0. The summed E-state index contributed by atoms with van der Waals surface area (Å²) in [5.74, 6) is 1.49. The quantitative estimate of drug-likeness (QED) is 0.191. The van der Waals surface area contributed by atoms with Crippen LogP contribution in [0.4, 0.5) is 11.4 Å². The number of benzene rings is 6. The number of hydrogen-bond acceptors (Lipinski definition) is 2. The molecule has 0 amide bonds. The van der Waals surface area contributed by atoms with E-state index in [0.29, 0.717) is 11.4 Å². The van der Waals surface area contributed by atoms with Crippen LogP contribution < -0.4 is 9.47 Å². The molecule has 0 saturated heterocycles. The van der Waals surface area contributed by atoms with Crippen LogP contribution in [0, 0.1) is 13.1 Å². The Morgan fingerprint density at radius 2 is 1.00 bits per heavy atom. The molecule has 9 rings (SSSR count). The summed E-state index contributed by atoms with van der Waals surface area (Å²) in [5.41, 5.74) is 9.30. The first-order chi connectivity index (χ1) is 22.2. The normalized spacial score (nSPS) is 12.2. The van der Waals surface area contributed by atoms with Crippen LogP contribution in [0.5, 0.6) is 11.5 Å². The van der Waals surface area contributed by atoms with Crippen molar-refractivity contribution in [2.45, 2.75) is 0 Å². The number of hydrogen-bond donors (Lipinski definition) is 0. The van der Waals surface area contributed by atoms with E-state index >= 15 is 0 Å². The van der Waals surface area contributed by atoms with Crippen molar-refractivity contribution in [2.24, 2.45) is 0 Å². The average Bonchev–Trinajstić information content (AvgIpc) is 3.53. The monoisotopic (exact) mass is 578 g/mol. The number of ether oxygens (including phenoxy) is 2. The molecule has 0 N–H and O–H groups in total. The van der Waals surface area contributed by atoms with Crippen LogP contribution in [0.2, 0.25) is 0 Å². The molecule has 0 bridgehead atoms. The van der Waals surface area contributed by atoms with Gasteiger partial charge in [0, 0.05) is 39.3 Å². The minimum Gasteiger partial charge on any atom is -0.457 e. The van der Waals surface area contributed by atoms with Gasteiger partial charge in [-0.3, -0.25) is 0 Å². The third-order valence-electron chi connectivity index (χ3n) is 8.73. The van der Waals surface area contributed by atoms with Gasteiger partial charge >= 0.3 is 0 Å². The van der Waals surface area contributed by atoms with Crippen molar-refractivity contribution in [3.63, 3.8) is 0 Å². The Morgan fingerprint density at radius 1 is 0.467 bits per heavy atom. The summed E-state index contributed by atoms with van der Waals surface area (Å²) in [7, 11) is 0. The Bertz CT molecular complexity index is 2610. The van der Waals surface area contributed by atoms with Crippen LogP contribution >= 0.6 is 0 Å². The highest BCUT2D eigenvalue weighted by Gasteiger charge is 2.21. The zero-order valence-corrected chi connectivity index (χ0v) is 23.9. The van der Waals surface area contributed by atoms with E-state index < -0.39 is 0 Å². The summed E-state index contributed by atoms with van der Waals surface area (Å²) < 4.78 is 16.8. The molecule has 0 spiro atoms. The van der Waals surface area contributed by atoms with Crippen LogP contribution in [-0.4, -0.2) is 15.9 Å². The molecule has 6 aromatic carbocycles. The summed E-state index contributed by atoms with van der Waals surface area (Å²) in [4.78, 5) is 7.33. The van der Waals surface area contributed by atoms with Gasteiger partial charge in [0.05, 0.1) is 35.2 Å². The second-order valence-electron chi connectivity index (χ2n) is 11.1. The van der Waals surface area contributed by atoms with E-state index in [1.54, 1.807) is 0 Å². The molecule has 8 aromatic rings. The van der Waals surface area contributed by atoms with E-state index in [1.165, 1.54) is 0 Å². The fraction of sp³-hybridized carbons (Fsp3) is 0.0256. The van der Waals surface area contributed by atoms with Crippen LogP contribution in [0.3, 0.4) is 0 Å². The Kier molecular flexibility index (Phi) is 5.29. The summed E-state index contributed by atoms with van der Waals surface area (Å²) in [6, 6.07) is 40.8. The molecule has 0 unspecified atom stereocenters. The van der Waals surface area contributed by atoms with E-state index in [9.17, 15) is 0 Å². The van der Waals surface area contributed by atoms with Gasteiger partial charge in [-0.2, -0.15) is 0 Å². The van der Waals surface area contributed by atoms with Gasteiger partial charge in [0.2, 0.25) is 6.79 Å². The third kappa shape index (κ3) is 3.67. The molecule has 1 aliphatic heterocycles. The van der Waals surface area contributed by atoms with Crippen LogP contribution in [-0.2, 0) is 0 Å². The molecule has 1 aliphatic rings. The summed E-state index contributed by atoms with van der Waals surface area (Å²) in [6.45, 7) is 15.1. The molecule has 0 radical (unpaired) electrons. The molecule has 210 valence electrons. The molecule has 0 atom stereocenters. The fourth-order valence-electron chi connectivity index (χ4n) is 6.76. The zero-order chi connectivity index (χ0) is 30.1. The lowest BCUT2D eigenvalue weighted by atomic mass is 10.0. The molecular formula is C39H22N4O2. The Labute approximate surface area is 258 Å². The maximum Gasteiger partial charge on any atom is 0.230 e. The third-order valence-corrected chi connectivity index (χ3v) is 8.73. The van der Waals surface area contributed by atoms with Gasteiger partial charge in [0.25, 0.3) is 0 Å². The van der Waals surface area contributed by atoms with Crippen molar-refractivity contribution in [2.75, 3.05) is 6.79 Å². The minimum atomic E-state index is 0.0963. The van der Waals surface area contributed by atoms with E-state index in [-0.39, 0.29) is 6.79 Å².